The third-order valence-electron chi connectivity index (χ3n) is 1.79. The topological polar surface area (TPSA) is 56.7 Å². The van der Waals surface area contributed by atoms with Gasteiger partial charge in [0.05, 0.1) is 5.02 Å². The average Bonchev–Trinajstić information content (AvgIpc) is 2.71. The summed E-state index contributed by atoms with van der Waals surface area (Å²) in [6.45, 7) is 4.03. The van der Waals surface area contributed by atoms with Gasteiger partial charge in [-0.2, -0.15) is 10.1 Å². The van der Waals surface area contributed by atoms with E-state index in [4.69, 9.17) is 11.6 Å². The molecule has 0 aromatic carbocycles. The summed E-state index contributed by atoms with van der Waals surface area (Å²) in [7, 11) is 0. The van der Waals surface area contributed by atoms with Gasteiger partial charge in [0.1, 0.15) is 0 Å². The van der Waals surface area contributed by atoms with Crippen molar-refractivity contribution in [1.82, 2.24) is 19.9 Å². The lowest BCUT2D eigenvalue weighted by Gasteiger charge is -2.02. The van der Waals surface area contributed by atoms with Crippen molar-refractivity contribution in [1.29, 1.82) is 0 Å². The molecule has 0 amide bonds. The fraction of sp³-hybridized carbons (Fsp3) is 0.375. The molecule has 2 aromatic heterocycles. The second-order valence-corrected chi connectivity index (χ2v) is 3.56. The highest BCUT2D eigenvalue weighted by Gasteiger charge is 2.14. The lowest BCUT2D eigenvalue weighted by atomic mass is 10.4. The summed E-state index contributed by atoms with van der Waals surface area (Å²) in [5.41, 5.74) is 0.550. The molecule has 14 heavy (non-hydrogen) atoms. The molecule has 2 heterocycles. The Labute approximate surface area is 85.7 Å². The normalized spacial score (nSPS) is 11.1. The SMILES string of the molecule is CC(C)n1cc(Cl)c(-c2ncon2)n1. The Bertz CT molecular complexity index is 420. The molecule has 0 spiro atoms. The van der Waals surface area contributed by atoms with Crippen LogP contribution in [-0.4, -0.2) is 19.9 Å². The molecule has 0 saturated heterocycles. The first-order valence-electron chi connectivity index (χ1n) is 4.20. The molecule has 0 N–H and O–H groups in total. The predicted molar refractivity (Wildman–Crippen MR) is 50.9 cm³/mol. The number of hydrogen-bond acceptors (Lipinski definition) is 4. The molecule has 0 bridgehead atoms. The highest BCUT2D eigenvalue weighted by molar-refractivity contribution is 6.32. The van der Waals surface area contributed by atoms with E-state index in [1.807, 2.05) is 13.8 Å². The van der Waals surface area contributed by atoms with Gasteiger partial charge in [0.25, 0.3) is 0 Å². The van der Waals surface area contributed by atoms with Crippen LogP contribution in [0.4, 0.5) is 0 Å². The molecular weight excluding hydrogens is 204 g/mol. The van der Waals surface area contributed by atoms with Crippen LogP contribution in [0.5, 0.6) is 0 Å². The van der Waals surface area contributed by atoms with E-state index in [9.17, 15) is 0 Å². The Kier molecular flexibility index (Phi) is 2.25. The van der Waals surface area contributed by atoms with E-state index >= 15 is 0 Å². The molecule has 6 heteroatoms. The zero-order chi connectivity index (χ0) is 10.1. The number of halogens is 1. The first-order chi connectivity index (χ1) is 6.68. The molecule has 5 nitrogen and oxygen atoms in total. The molecule has 0 atom stereocenters. The maximum atomic E-state index is 5.98. The zero-order valence-electron chi connectivity index (χ0n) is 7.81. The molecule has 74 valence electrons. The van der Waals surface area contributed by atoms with Crippen LogP contribution in [0.1, 0.15) is 19.9 Å². The Balaban J connectivity index is 2.45. The van der Waals surface area contributed by atoms with Crippen LogP contribution in [0, 0.1) is 0 Å². The summed E-state index contributed by atoms with van der Waals surface area (Å²) in [6.07, 6.45) is 3.00. The Morgan fingerprint density at radius 1 is 1.50 bits per heavy atom. The molecule has 0 radical (unpaired) electrons. The minimum Gasteiger partial charge on any atom is -0.342 e. The van der Waals surface area contributed by atoms with Gasteiger partial charge in [0.15, 0.2) is 5.69 Å². The van der Waals surface area contributed by atoms with Gasteiger partial charge in [-0.25, -0.2) is 0 Å². The average molecular weight is 213 g/mol. The first-order valence-corrected chi connectivity index (χ1v) is 4.57. The van der Waals surface area contributed by atoms with Crippen LogP contribution in [0.2, 0.25) is 5.02 Å². The summed E-state index contributed by atoms with van der Waals surface area (Å²) in [6, 6.07) is 0.258. The van der Waals surface area contributed by atoms with Crippen molar-refractivity contribution in [2.45, 2.75) is 19.9 Å². The number of rotatable bonds is 2. The van der Waals surface area contributed by atoms with Crippen LogP contribution >= 0.6 is 11.6 Å². The molecule has 0 unspecified atom stereocenters. The molecule has 0 fully saturated rings. The van der Waals surface area contributed by atoms with Crippen molar-refractivity contribution < 1.29 is 4.52 Å². The lowest BCUT2D eigenvalue weighted by Crippen LogP contribution is -2.00. The van der Waals surface area contributed by atoms with Gasteiger partial charge in [-0.05, 0) is 13.8 Å². The summed E-state index contributed by atoms with van der Waals surface area (Å²) in [5, 5.41) is 8.45. The van der Waals surface area contributed by atoms with Crippen molar-refractivity contribution in [2.24, 2.45) is 0 Å². The zero-order valence-corrected chi connectivity index (χ0v) is 8.56. The standard InChI is InChI=1S/C8H9ClN4O/c1-5(2)13-3-6(9)7(11-13)8-10-4-14-12-8/h3-5H,1-2H3. The summed E-state index contributed by atoms with van der Waals surface area (Å²) >= 11 is 5.98. The van der Waals surface area contributed by atoms with Gasteiger partial charge in [-0.1, -0.05) is 16.8 Å². The van der Waals surface area contributed by atoms with Crippen LogP contribution in [0.15, 0.2) is 17.1 Å². The Hall–Kier alpha value is -1.36. The second kappa shape index (κ2) is 3.42. The quantitative estimate of drug-likeness (QED) is 0.766. The number of hydrogen-bond donors (Lipinski definition) is 0. The van der Waals surface area contributed by atoms with Gasteiger partial charge < -0.3 is 4.52 Å². The van der Waals surface area contributed by atoms with Crippen molar-refractivity contribution in [3.63, 3.8) is 0 Å². The van der Waals surface area contributed by atoms with Crippen molar-refractivity contribution in [3.05, 3.63) is 17.6 Å². The molecule has 2 rings (SSSR count). The van der Waals surface area contributed by atoms with Gasteiger partial charge in [-0.15, -0.1) is 0 Å². The fourth-order valence-corrected chi connectivity index (χ4v) is 1.28. The molecule has 2 aromatic rings. The van der Waals surface area contributed by atoms with Crippen LogP contribution in [0.3, 0.4) is 0 Å². The molecule has 0 aliphatic rings. The summed E-state index contributed by atoms with van der Waals surface area (Å²) in [5.74, 6) is 0.411. The van der Waals surface area contributed by atoms with Gasteiger partial charge in [0, 0.05) is 12.2 Å². The minimum atomic E-state index is 0.258. The van der Waals surface area contributed by atoms with E-state index < -0.39 is 0 Å². The third kappa shape index (κ3) is 1.50. The molecular formula is C8H9ClN4O. The predicted octanol–water partition coefficient (Wildman–Crippen LogP) is 2.17. The number of aromatic nitrogens is 4. The van der Waals surface area contributed by atoms with E-state index in [1.165, 1.54) is 6.39 Å². The molecule has 0 aliphatic heterocycles. The van der Waals surface area contributed by atoms with Gasteiger partial charge in [0.2, 0.25) is 12.2 Å². The van der Waals surface area contributed by atoms with Crippen LogP contribution < -0.4 is 0 Å². The van der Waals surface area contributed by atoms with Gasteiger partial charge >= 0.3 is 0 Å². The Morgan fingerprint density at radius 3 is 2.79 bits per heavy atom. The van der Waals surface area contributed by atoms with Crippen molar-refractivity contribution in [3.8, 4) is 11.5 Å². The minimum absolute atomic E-state index is 0.258. The lowest BCUT2D eigenvalue weighted by molar-refractivity contribution is 0.418. The van der Waals surface area contributed by atoms with E-state index in [2.05, 4.69) is 19.8 Å². The number of nitrogens with zero attached hydrogens (tertiary/aromatic N) is 4. The monoisotopic (exact) mass is 212 g/mol. The third-order valence-corrected chi connectivity index (χ3v) is 2.07. The van der Waals surface area contributed by atoms with Gasteiger partial charge in [-0.3, -0.25) is 4.68 Å². The summed E-state index contributed by atoms with van der Waals surface area (Å²) < 4.78 is 6.38. The highest BCUT2D eigenvalue weighted by atomic mass is 35.5. The maximum absolute atomic E-state index is 5.98. The smallest absolute Gasteiger partial charge is 0.224 e. The Morgan fingerprint density at radius 2 is 2.29 bits per heavy atom. The second-order valence-electron chi connectivity index (χ2n) is 3.15. The summed E-state index contributed by atoms with van der Waals surface area (Å²) in [4.78, 5) is 3.88. The van der Waals surface area contributed by atoms with Crippen LogP contribution in [-0.2, 0) is 0 Å². The van der Waals surface area contributed by atoms with E-state index in [1.54, 1.807) is 10.9 Å². The van der Waals surface area contributed by atoms with E-state index in [0.717, 1.165) is 0 Å². The first kappa shape index (κ1) is 9.21. The fourth-order valence-electron chi connectivity index (χ4n) is 1.06. The van der Waals surface area contributed by atoms with E-state index in [-0.39, 0.29) is 6.04 Å². The van der Waals surface area contributed by atoms with Crippen molar-refractivity contribution >= 4 is 11.6 Å². The molecule has 0 aliphatic carbocycles. The van der Waals surface area contributed by atoms with Crippen LogP contribution in [0.25, 0.3) is 11.5 Å². The highest BCUT2D eigenvalue weighted by Crippen LogP contribution is 2.24. The van der Waals surface area contributed by atoms with E-state index in [0.29, 0.717) is 16.5 Å². The largest absolute Gasteiger partial charge is 0.342 e. The van der Waals surface area contributed by atoms with Crippen molar-refractivity contribution in [2.75, 3.05) is 0 Å². The molecule has 0 saturated carbocycles. The maximum Gasteiger partial charge on any atom is 0.224 e.